The highest BCUT2D eigenvalue weighted by atomic mass is 19.4. The molecule has 0 fully saturated rings. The number of aryl methyl sites for hydroxylation is 1. The number of carbonyl (C=O) groups excluding carboxylic acids is 1. The molecule has 1 aromatic heterocycles. The van der Waals surface area contributed by atoms with E-state index in [2.05, 4.69) is 10.4 Å². The number of anilines is 2. The van der Waals surface area contributed by atoms with Crippen molar-refractivity contribution in [2.75, 3.05) is 11.1 Å². The number of para-hydroxylation sites is 1. The molecule has 0 bridgehead atoms. The first-order valence-corrected chi connectivity index (χ1v) is 8.42. The zero-order valence-electron chi connectivity index (χ0n) is 15.0. The monoisotopic (exact) mass is 410 g/mol. The Kier molecular flexibility index (Phi) is 5.27. The van der Waals surface area contributed by atoms with Gasteiger partial charge in [0.2, 0.25) is 0 Å². The molecule has 3 N–H and O–H groups in total. The minimum atomic E-state index is -4.62. The highest BCUT2D eigenvalue weighted by molar-refractivity contribution is 6.05. The van der Waals surface area contributed by atoms with Crippen LogP contribution in [0, 0.1) is 11.6 Å². The smallest absolute Gasteiger partial charge is 0.398 e. The van der Waals surface area contributed by atoms with Crippen molar-refractivity contribution >= 4 is 17.3 Å². The maximum absolute atomic E-state index is 13.7. The maximum atomic E-state index is 13.7. The largest absolute Gasteiger partial charge is 0.435 e. The molecule has 0 saturated heterocycles. The van der Waals surface area contributed by atoms with Crippen LogP contribution in [0.1, 0.15) is 23.0 Å². The second-order valence-electron chi connectivity index (χ2n) is 6.08. The summed E-state index contributed by atoms with van der Waals surface area (Å²) in [4.78, 5) is 12.3. The number of nitrogen functional groups attached to an aromatic ring is 1. The van der Waals surface area contributed by atoms with Crippen molar-refractivity contribution in [3.63, 3.8) is 0 Å². The Morgan fingerprint density at radius 2 is 1.79 bits per heavy atom. The van der Waals surface area contributed by atoms with Crippen molar-refractivity contribution in [1.82, 2.24) is 9.78 Å². The minimum Gasteiger partial charge on any atom is -0.398 e. The van der Waals surface area contributed by atoms with Crippen LogP contribution in [0.4, 0.5) is 33.3 Å². The van der Waals surface area contributed by atoms with Crippen molar-refractivity contribution in [3.8, 4) is 11.3 Å². The summed E-state index contributed by atoms with van der Waals surface area (Å²) in [5.74, 6) is -2.73. The first-order chi connectivity index (χ1) is 13.6. The Hall–Kier alpha value is -3.43. The molecule has 0 aliphatic rings. The minimum absolute atomic E-state index is 0.00924. The summed E-state index contributed by atoms with van der Waals surface area (Å²) in [6.07, 6.45) is -4.62. The number of nitrogens with one attached hydrogen (secondary N) is 1. The van der Waals surface area contributed by atoms with Gasteiger partial charge >= 0.3 is 6.18 Å². The molecule has 0 unspecified atom stereocenters. The van der Waals surface area contributed by atoms with E-state index >= 15 is 0 Å². The maximum Gasteiger partial charge on any atom is 0.435 e. The van der Waals surface area contributed by atoms with Crippen LogP contribution in [0.3, 0.4) is 0 Å². The lowest BCUT2D eigenvalue weighted by Gasteiger charge is -2.11. The SMILES string of the molecule is CCn1nc(C(F)(F)F)cc1-c1ccc(C(=O)Nc2c(F)cccc2F)cc1N. The molecular formula is C19H15F5N4O. The number of benzene rings is 2. The molecule has 3 rings (SSSR count). The lowest BCUT2D eigenvalue weighted by Crippen LogP contribution is -2.14. The fourth-order valence-electron chi connectivity index (χ4n) is 2.75. The van der Waals surface area contributed by atoms with Gasteiger partial charge in [0.25, 0.3) is 5.91 Å². The first kappa shape index (κ1) is 20.3. The average Bonchev–Trinajstić information content (AvgIpc) is 3.09. The lowest BCUT2D eigenvalue weighted by molar-refractivity contribution is -0.141. The number of rotatable bonds is 4. The van der Waals surface area contributed by atoms with E-state index in [1.807, 2.05) is 0 Å². The van der Waals surface area contributed by atoms with Gasteiger partial charge in [-0.3, -0.25) is 9.48 Å². The van der Waals surface area contributed by atoms with Crippen LogP contribution in [-0.4, -0.2) is 15.7 Å². The van der Waals surface area contributed by atoms with Gasteiger partial charge in [0, 0.05) is 23.4 Å². The zero-order chi connectivity index (χ0) is 21.3. The first-order valence-electron chi connectivity index (χ1n) is 8.42. The molecule has 0 radical (unpaired) electrons. The van der Waals surface area contributed by atoms with E-state index in [-0.39, 0.29) is 29.1 Å². The molecule has 3 aromatic rings. The van der Waals surface area contributed by atoms with Crippen molar-refractivity contribution in [2.45, 2.75) is 19.6 Å². The molecular weight excluding hydrogens is 395 g/mol. The van der Waals surface area contributed by atoms with E-state index in [1.165, 1.54) is 18.2 Å². The van der Waals surface area contributed by atoms with Crippen molar-refractivity contribution < 1.29 is 26.7 Å². The Morgan fingerprint density at radius 1 is 1.14 bits per heavy atom. The molecule has 10 heteroatoms. The Morgan fingerprint density at radius 3 is 2.34 bits per heavy atom. The van der Waals surface area contributed by atoms with Gasteiger partial charge in [0.15, 0.2) is 5.69 Å². The van der Waals surface area contributed by atoms with Crippen LogP contribution in [0.15, 0.2) is 42.5 Å². The van der Waals surface area contributed by atoms with Gasteiger partial charge in [0.1, 0.15) is 17.3 Å². The fourth-order valence-corrected chi connectivity index (χ4v) is 2.75. The molecule has 1 heterocycles. The zero-order valence-corrected chi connectivity index (χ0v) is 15.0. The third kappa shape index (κ3) is 4.05. The molecule has 1 amide bonds. The predicted molar refractivity (Wildman–Crippen MR) is 97.1 cm³/mol. The second kappa shape index (κ2) is 7.53. The third-order valence-corrected chi connectivity index (χ3v) is 4.16. The van der Waals surface area contributed by atoms with E-state index in [0.717, 1.165) is 28.9 Å². The summed E-state index contributed by atoms with van der Waals surface area (Å²) in [7, 11) is 0. The quantitative estimate of drug-likeness (QED) is 0.484. The van der Waals surface area contributed by atoms with Crippen LogP contribution in [-0.2, 0) is 12.7 Å². The number of alkyl halides is 3. The standard InChI is InChI=1S/C19H15F5N4O/c1-2-28-15(9-16(27-28)19(22,23)24)11-7-6-10(8-14(11)25)18(29)26-17-12(20)4-3-5-13(17)21/h3-9H,2,25H2,1H3,(H,26,29). The van der Waals surface area contributed by atoms with Gasteiger partial charge in [-0.1, -0.05) is 6.07 Å². The summed E-state index contributed by atoms with van der Waals surface area (Å²) in [6.45, 7) is 1.79. The summed E-state index contributed by atoms with van der Waals surface area (Å²) < 4.78 is 67.4. The predicted octanol–water partition coefficient (Wildman–Crippen LogP) is 4.70. The molecule has 0 aliphatic carbocycles. The molecule has 0 aliphatic heterocycles. The van der Waals surface area contributed by atoms with Gasteiger partial charge in [-0.05, 0) is 43.3 Å². The molecule has 0 saturated carbocycles. The Balaban J connectivity index is 1.93. The molecule has 2 aromatic carbocycles. The van der Waals surface area contributed by atoms with Crippen molar-refractivity contribution in [3.05, 3.63) is 65.4 Å². The summed E-state index contributed by atoms with van der Waals surface area (Å²) in [5, 5.41) is 5.64. The summed E-state index contributed by atoms with van der Waals surface area (Å²) in [6, 6.07) is 7.85. The second-order valence-corrected chi connectivity index (χ2v) is 6.08. The van der Waals surface area contributed by atoms with Gasteiger partial charge in [-0.2, -0.15) is 18.3 Å². The molecule has 0 atom stereocenters. The highest BCUT2D eigenvalue weighted by Crippen LogP contribution is 2.34. The fraction of sp³-hybridized carbons (Fsp3) is 0.158. The number of amides is 1. The van der Waals surface area contributed by atoms with E-state index < -0.39 is 35.1 Å². The summed E-state index contributed by atoms with van der Waals surface area (Å²) in [5.41, 5.74) is 4.62. The van der Waals surface area contributed by atoms with Crippen molar-refractivity contribution in [2.24, 2.45) is 0 Å². The van der Waals surface area contributed by atoms with E-state index in [1.54, 1.807) is 6.92 Å². The van der Waals surface area contributed by atoms with Crippen LogP contribution in [0.2, 0.25) is 0 Å². The normalized spacial score (nSPS) is 11.5. The highest BCUT2D eigenvalue weighted by Gasteiger charge is 2.35. The number of aromatic nitrogens is 2. The van der Waals surface area contributed by atoms with Crippen molar-refractivity contribution in [1.29, 1.82) is 0 Å². The molecule has 5 nitrogen and oxygen atoms in total. The van der Waals surface area contributed by atoms with E-state index in [9.17, 15) is 26.7 Å². The third-order valence-electron chi connectivity index (χ3n) is 4.16. The van der Waals surface area contributed by atoms with Crippen LogP contribution >= 0.6 is 0 Å². The molecule has 152 valence electrons. The number of halogens is 5. The van der Waals surface area contributed by atoms with Crippen LogP contribution in [0.25, 0.3) is 11.3 Å². The van der Waals surface area contributed by atoms with E-state index in [4.69, 9.17) is 5.73 Å². The number of hydrogen-bond acceptors (Lipinski definition) is 3. The summed E-state index contributed by atoms with van der Waals surface area (Å²) >= 11 is 0. The topological polar surface area (TPSA) is 72.9 Å². The van der Waals surface area contributed by atoms with Gasteiger partial charge < -0.3 is 11.1 Å². The average molecular weight is 410 g/mol. The molecule has 29 heavy (non-hydrogen) atoms. The molecule has 0 spiro atoms. The van der Waals surface area contributed by atoms with Gasteiger partial charge in [-0.15, -0.1) is 0 Å². The van der Waals surface area contributed by atoms with Gasteiger partial charge in [0.05, 0.1) is 5.69 Å². The number of hydrogen-bond donors (Lipinski definition) is 2. The number of nitrogens with two attached hydrogens (primary N) is 1. The van der Waals surface area contributed by atoms with E-state index in [0.29, 0.717) is 0 Å². The van der Waals surface area contributed by atoms with Gasteiger partial charge in [-0.25, -0.2) is 8.78 Å². The Labute approximate surface area is 161 Å². The number of nitrogens with zero attached hydrogens (tertiary/aromatic N) is 2. The van der Waals surface area contributed by atoms with Crippen LogP contribution in [0.5, 0.6) is 0 Å². The van der Waals surface area contributed by atoms with Crippen LogP contribution < -0.4 is 11.1 Å². The number of carbonyl (C=O) groups is 1. The Bertz CT molecular complexity index is 1050. The lowest BCUT2D eigenvalue weighted by atomic mass is 10.1.